The van der Waals surface area contributed by atoms with Gasteiger partial charge in [0.15, 0.2) is 0 Å². The van der Waals surface area contributed by atoms with Crippen LogP contribution >= 0.6 is 0 Å². The molecule has 2 amide bonds. The first-order valence-electron chi connectivity index (χ1n) is 8.24. The Kier molecular flexibility index (Phi) is 5.37. The Hall–Kier alpha value is -3.20. The van der Waals surface area contributed by atoms with Crippen LogP contribution in [0.2, 0.25) is 0 Å². The second kappa shape index (κ2) is 8.06. The van der Waals surface area contributed by atoms with Crippen molar-refractivity contribution in [3.05, 3.63) is 96.1 Å². The lowest BCUT2D eigenvalue weighted by molar-refractivity contribution is -0.140. The maximum Gasteiger partial charge on any atom is 0.254 e. The number of carbonyl (C=O) groups excluding carboxylic acids is 2. The number of hydrogen-bond acceptors (Lipinski definition) is 2. The Morgan fingerprint density at radius 3 is 2.16 bits per heavy atom. The predicted molar refractivity (Wildman–Crippen MR) is 100 cm³/mol. The van der Waals surface area contributed by atoms with Gasteiger partial charge in [-0.2, -0.15) is 0 Å². The van der Waals surface area contributed by atoms with E-state index in [1.807, 2.05) is 78.9 Å². The van der Waals surface area contributed by atoms with Crippen LogP contribution in [0.3, 0.4) is 0 Å². The molecule has 0 saturated carbocycles. The monoisotopic (exact) mass is 329 g/mol. The second-order valence-corrected chi connectivity index (χ2v) is 5.77. The molecule has 3 nitrogen and oxygen atoms in total. The van der Waals surface area contributed by atoms with Crippen molar-refractivity contribution in [2.45, 2.75) is 12.5 Å². The molecular formula is C22H19NO2. The molecule has 0 aromatic heterocycles. The lowest BCUT2D eigenvalue weighted by Crippen LogP contribution is -2.43. The second-order valence-electron chi connectivity index (χ2n) is 5.77. The Bertz CT molecular complexity index is 820. The van der Waals surface area contributed by atoms with Gasteiger partial charge in [-0.15, -0.1) is 0 Å². The van der Waals surface area contributed by atoms with Crippen LogP contribution in [-0.2, 0) is 9.59 Å². The quantitative estimate of drug-likeness (QED) is 0.792. The minimum absolute atomic E-state index is 0.273. The van der Waals surface area contributed by atoms with Gasteiger partial charge in [0.05, 0.1) is 6.04 Å². The fourth-order valence-electron chi connectivity index (χ4n) is 2.69. The van der Waals surface area contributed by atoms with Crippen LogP contribution in [0.15, 0.2) is 85.0 Å². The van der Waals surface area contributed by atoms with Crippen molar-refractivity contribution < 1.29 is 9.59 Å². The van der Waals surface area contributed by atoms with Crippen molar-refractivity contribution in [3.8, 4) is 0 Å². The van der Waals surface area contributed by atoms with E-state index in [2.05, 4.69) is 0 Å². The van der Waals surface area contributed by atoms with Gasteiger partial charge in [-0.3, -0.25) is 14.5 Å². The van der Waals surface area contributed by atoms with Crippen molar-refractivity contribution in [2.24, 2.45) is 0 Å². The van der Waals surface area contributed by atoms with Gasteiger partial charge in [0.25, 0.3) is 11.8 Å². The number of carbonyl (C=O) groups is 2. The average molecular weight is 329 g/mol. The molecule has 1 heterocycles. The van der Waals surface area contributed by atoms with Crippen LogP contribution in [0, 0.1) is 0 Å². The van der Waals surface area contributed by atoms with Crippen molar-refractivity contribution in [3.63, 3.8) is 0 Å². The average Bonchev–Trinajstić information content (AvgIpc) is 2.66. The van der Waals surface area contributed by atoms with Crippen LogP contribution in [0.25, 0.3) is 12.2 Å². The molecular weight excluding hydrogens is 310 g/mol. The highest BCUT2D eigenvalue weighted by atomic mass is 16.2. The van der Waals surface area contributed by atoms with Crippen molar-refractivity contribution in [1.29, 1.82) is 0 Å². The van der Waals surface area contributed by atoms with Crippen LogP contribution in [0.4, 0.5) is 0 Å². The fraction of sp³-hybridized carbons (Fsp3) is 0.0909. The van der Waals surface area contributed by atoms with Crippen molar-refractivity contribution in [1.82, 2.24) is 4.90 Å². The van der Waals surface area contributed by atoms with Gasteiger partial charge in [0, 0.05) is 6.08 Å². The molecule has 1 unspecified atom stereocenters. The SMILES string of the molecule is O=C1C=CCC(/C=C/c2ccccc2)N1C(=O)/C=C/c1ccccc1. The third-order valence-corrected chi connectivity index (χ3v) is 3.97. The van der Waals surface area contributed by atoms with E-state index in [0.29, 0.717) is 6.42 Å². The Morgan fingerprint density at radius 2 is 1.52 bits per heavy atom. The topological polar surface area (TPSA) is 37.4 Å². The molecule has 0 spiro atoms. The van der Waals surface area contributed by atoms with E-state index in [1.165, 1.54) is 17.1 Å². The van der Waals surface area contributed by atoms with Gasteiger partial charge in [-0.05, 0) is 29.7 Å². The summed E-state index contributed by atoms with van der Waals surface area (Å²) in [5, 5.41) is 0. The standard InChI is InChI=1S/C22H19NO2/c24-21-13-7-12-20(16-14-18-8-3-1-4-9-18)23(21)22(25)17-15-19-10-5-2-6-11-19/h1-11,13-17,20H,12H2/b16-14+,17-15+. The summed E-state index contributed by atoms with van der Waals surface area (Å²) in [6, 6.07) is 19.1. The molecule has 0 fully saturated rings. The summed E-state index contributed by atoms with van der Waals surface area (Å²) >= 11 is 0. The first-order chi connectivity index (χ1) is 12.2. The molecule has 1 atom stereocenters. The lowest BCUT2D eigenvalue weighted by atomic mass is 10.0. The Balaban J connectivity index is 1.77. The van der Waals surface area contributed by atoms with E-state index >= 15 is 0 Å². The van der Waals surface area contributed by atoms with Gasteiger partial charge < -0.3 is 0 Å². The third-order valence-electron chi connectivity index (χ3n) is 3.97. The zero-order valence-electron chi connectivity index (χ0n) is 13.8. The highest BCUT2D eigenvalue weighted by molar-refractivity contribution is 6.07. The summed E-state index contributed by atoms with van der Waals surface area (Å²) in [5.41, 5.74) is 1.96. The van der Waals surface area contributed by atoms with Gasteiger partial charge in [0.1, 0.15) is 0 Å². The summed E-state index contributed by atoms with van der Waals surface area (Å²) in [5.74, 6) is -0.586. The van der Waals surface area contributed by atoms with Crippen molar-refractivity contribution >= 4 is 24.0 Å². The first kappa shape index (κ1) is 16.7. The number of nitrogens with zero attached hydrogens (tertiary/aromatic N) is 1. The molecule has 25 heavy (non-hydrogen) atoms. The first-order valence-corrected chi connectivity index (χ1v) is 8.24. The van der Waals surface area contributed by atoms with Gasteiger partial charge in [0.2, 0.25) is 0 Å². The Labute approximate surface area is 147 Å². The minimum Gasteiger partial charge on any atom is -0.269 e. The van der Waals surface area contributed by atoms with Crippen molar-refractivity contribution in [2.75, 3.05) is 0 Å². The number of rotatable bonds is 4. The van der Waals surface area contributed by atoms with E-state index in [0.717, 1.165) is 11.1 Å². The Morgan fingerprint density at radius 1 is 0.920 bits per heavy atom. The maximum atomic E-state index is 12.6. The van der Waals surface area contributed by atoms with Crippen LogP contribution in [-0.4, -0.2) is 22.8 Å². The van der Waals surface area contributed by atoms with Crippen LogP contribution in [0.5, 0.6) is 0 Å². The minimum atomic E-state index is -0.305. The maximum absolute atomic E-state index is 12.6. The molecule has 2 aromatic rings. The fourth-order valence-corrected chi connectivity index (χ4v) is 2.69. The highest BCUT2D eigenvalue weighted by Crippen LogP contribution is 2.17. The zero-order chi connectivity index (χ0) is 17.5. The highest BCUT2D eigenvalue weighted by Gasteiger charge is 2.27. The molecule has 0 radical (unpaired) electrons. The molecule has 124 valence electrons. The van der Waals surface area contributed by atoms with E-state index in [9.17, 15) is 9.59 Å². The van der Waals surface area contributed by atoms with E-state index in [1.54, 1.807) is 6.08 Å². The number of amides is 2. The van der Waals surface area contributed by atoms with Gasteiger partial charge in [-0.1, -0.05) is 78.9 Å². The molecule has 0 bridgehead atoms. The molecule has 0 N–H and O–H groups in total. The summed E-state index contributed by atoms with van der Waals surface area (Å²) < 4.78 is 0. The van der Waals surface area contributed by atoms with E-state index in [-0.39, 0.29) is 17.9 Å². The zero-order valence-corrected chi connectivity index (χ0v) is 13.8. The predicted octanol–water partition coefficient (Wildman–Crippen LogP) is 4.10. The van der Waals surface area contributed by atoms with E-state index < -0.39 is 0 Å². The smallest absolute Gasteiger partial charge is 0.254 e. The largest absolute Gasteiger partial charge is 0.269 e. The van der Waals surface area contributed by atoms with Crippen LogP contribution < -0.4 is 0 Å². The molecule has 0 aliphatic carbocycles. The lowest BCUT2D eigenvalue weighted by Gasteiger charge is -2.28. The molecule has 2 aromatic carbocycles. The summed E-state index contributed by atoms with van der Waals surface area (Å²) in [4.78, 5) is 26.1. The van der Waals surface area contributed by atoms with E-state index in [4.69, 9.17) is 0 Å². The molecule has 1 aliphatic rings. The molecule has 1 aliphatic heterocycles. The number of benzene rings is 2. The number of hydrogen-bond donors (Lipinski definition) is 0. The normalized spacial score (nSPS) is 17.5. The van der Waals surface area contributed by atoms with Gasteiger partial charge >= 0.3 is 0 Å². The summed E-state index contributed by atoms with van der Waals surface area (Å²) in [6.07, 6.45) is 10.9. The molecule has 0 saturated heterocycles. The van der Waals surface area contributed by atoms with Gasteiger partial charge in [-0.25, -0.2) is 0 Å². The number of imide groups is 1. The third kappa shape index (κ3) is 4.42. The summed E-state index contributed by atoms with van der Waals surface area (Å²) in [7, 11) is 0. The summed E-state index contributed by atoms with van der Waals surface area (Å²) in [6.45, 7) is 0. The molecule has 3 rings (SSSR count). The van der Waals surface area contributed by atoms with Crippen LogP contribution in [0.1, 0.15) is 17.5 Å². The molecule has 3 heteroatoms.